The zero-order chi connectivity index (χ0) is 12.1. The van der Waals surface area contributed by atoms with Gasteiger partial charge in [0, 0.05) is 39.5 Å². The van der Waals surface area contributed by atoms with Crippen LogP contribution in [0, 0.1) is 0 Å². The normalized spacial score (nSPS) is 25.2. The molecule has 0 aliphatic carbocycles. The zero-order valence-corrected chi connectivity index (χ0v) is 9.25. The highest BCUT2D eigenvalue weighted by Crippen LogP contribution is 2.15. The van der Waals surface area contributed by atoms with Gasteiger partial charge in [-0.3, -0.25) is 4.79 Å². The predicted octanol–water partition coefficient (Wildman–Crippen LogP) is -0.501. The third-order valence-electron chi connectivity index (χ3n) is 2.50. The molecule has 0 bridgehead atoms. The second kappa shape index (κ2) is 5.62. The smallest absolute Gasteiger partial charge is 0.328 e. The molecule has 1 saturated heterocycles. The lowest BCUT2D eigenvalue weighted by Gasteiger charge is -2.13. The Morgan fingerprint density at radius 2 is 1.69 bits per heavy atom. The maximum atomic E-state index is 11.5. The van der Waals surface area contributed by atoms with Crippen molar-refractivity contribution in [1.29, 1.82) is 0 Å². The van der Waals surface area contributed by atoms with Gasteiger partial charge in [0.05, 0.1) is 0 Å². The number of nitrogens with zero attached hydrogens (tertiary/aromatic N) is 1. The van der Waals surface area contributed by atoms with E-state index in [1.807, 2.05) is 0 Å². The highest BCUT2D eigenvalue weighted by Gasteiger charge is 2.34. The highest BCUT2D eigenvalue weighted by atomic mass is 16.5. The molecule has 16 heavy (non-hydrogen) atoms. The number of carbonyl (C=O) groups excluding carboxylic acids is 1. The first kappa shape index (κ1) is 12.7. The Morgan fingerprint density at radius 1 is 1.19 bits per heavy atom. The SMILES string of the molecule is CO[C@H]1CN(C(=O)/C=C/C(=O)O)C[C@H]1OC. The van der Waals surface area contributed by atoms with E-state index in [0.29, 0.717) is 13.1 Å². The summed E-state index contributed by atoms with van der Waals surface area (Å²) in [7, 11) is 3.11. The van der Waals surface area contributed by atoms with Crippen molar-refractivity contribution >= 4 is 11.9 Å². The van der Waals surface area contributed by atoms with Crippen molar-refractivity contribution in [2.45, 2.75) is 12.2 Å². The fourth-order valence-electron chi connectivity index (χ4n) is 1.62. The minimum Gasteiger partial charge on any atom is -0.478 e. The van der Waals surface area contributed by atoms with Crippen molar-refractivity contribution < 1.29 is 24.2 Å². The van der Waals surface area contributed by atoms with Crippen LogP contribution in [-0.2, 0) is 19.1 Å². The lowest BCUT2D eigenvalue weighted by molar-refractivity contribution is -0.132. The van der Waals surface area contributed by atoms with Crippen LogP contribution in [0.4, 0.5) is 0 Å². The molecule has 1 rings (SSSR count). The van der Waals surface area contributed by atoms with Crippen LogP contribution in [-0.4, -0.2) is 61.4 Å². The van der Waals surface area contributed by atoms with E-state index >= 15 is 0 Å². The second-order valence-electron chi connectivity index (χ2n) is 3.46. The van der Waals surface area contributed by atoms with Crippen LogP contribution in [0.5, 0.6) is 0 Å². The minimum absolute atomic E-state index is 0.160. The summed E-state index contributed by atoms with van der Waals surface area (Å²) in [6.07, 6.45) is 1.54. The number of hydrogen-bond donors (Lipinski definition) is 1. The predicted molar refractivity (Wildman–Crippen MR) is 54.9 cm³/mol. The molecule has 1 aliphatic rings. The first-order valence-corrected chi connectivity index (χ1v) is 4.84. The lowest BCUT2D eigenvalue weighted by Crippen LogP contribution is -2.28. The van der Waals surface area contributed by atoms with Crippen LogP contribution in [0.1, 0.15) is 0 Å². The Balaban J connectivity index is 2.57. The Morgan fingerprint density at radius 3 is 2.06 bits per heavy atom. The van der Waals surface area contributed by atoms with Crippen molar-refractivity contribution in [1.82, 2.24) is 4.90 Å². The van der Waals surface area contributed by atoms with Gasteiger partial charge in [0.15, 0.2) is 0 Å². The van der Waals surface area contributed by atoms with Crippen LogP contribution in [0.15, 0.2) is 12.2 Å². The van der Waals surface area contributed by atoms with Crippen molar-refractivity contribution in [3.63, 3.8) is 0 Å². The molecule has 0 aromatic heterocycles. The average Bonchev–Trinajstić information content (AvgIpc) is 2.68. The highest BCUT2D eigenvalue weighted by molar-refractivity contribution is 5.94. The van der Waals surface area contributed by atoms with Crippen LogP contribution < -0.4 is 0 Å². The van der Waals surface area contributed by atoms with Gasteiger partial charge in [0.1, 0.15) is 12.2 Å². The third-order valence-corrected chi connectivity index (χ3v) is 2.50. The fourth-order valence-corrected chi connectivity index (χ4v) is 1.62. The van der Waals surface area contributed by atoms with E-state index in [0.717, 1.165) is 12.2 Å². The summed E-state index contributed by atoms with van der Waals surface area (Å²) in [6.45, 7) is 0.829. The molecule has 2 atom stereocenters. The topological polar surface area (TPSA) is 76.1 Å². The van der Waals surface area contributed by atoms with Crippen molar-refractivity contribution in [2.24, 2.45) is 0 Å². The summed E-state index contributed by atoms with van der Waals surface area (Å²) in [5, 5.41) is 8.39. The average molecular weight is 229 g/mol. The fraction of sp³-hybridized carbons (Fsp3) is 0.600. The van der Waals surface area contributed by atoms with E-state index < -0.39 is 5.97 Å². The molecule has 90 valence electrons. The van der Waals surface area contributed by atoms with Crippen LogP contribution in [0.2, 0.25) is 0 Å². The van der Waals surface area contributed by atoms with Gasteiger partial charge in [-0.25, -0.2) is 4.79 Å². The number of carboxylic acids is 1. The number of rotatable bonds is 4. The van der Waals surface area contributed by atoms with Gasteiger partial charge in [0.25, 0.3) is 0 Å². The number of amides is 1. The van der Waals surface area contributed by atoms with Crippen LogP contribution >= 0.6 is 0 Å². The molecule has 0 aromatic carbocycles. The molecule has 6 nitrogen and oxygen atoms in total. The van der Waals surface area contributed by atoms with Crippen LogP contribution in [0.25, 0.3) is 0 Å². The van der Waals surface area contributed by atoms with Gasteiger partial charge in [0.2, 0.25) is 5.91 Å². The molecule has 0 unspecified atom stereocenters. The van der Waals surface area contributed by atoms with Gasteiger partial charge in [-0.05, 0) is 0 Å². The summed E-state index contributed by atoms with van der Waals surface area (Å²) in [5.41, 5.74) is 0. The molecule has 0 aromatic rings. The number of carboxylic acid groups (broad SMARTS) is 1. The van der Waals surface area contributed by atoms with E-state index in [9.17, 15) is 9.59 Å². The number of likely N-dealkylation sites (tertiary alicyclic amines) is 1. The Bertz CT molecular complexity index is 290. The first-order valence-electron chi connectivity index (χ1n) is 4.84. The summed E-state index contributed by atoms with van der Waals surface area (Å²) in [5.74, 6) is -1.48. The number of methoxy groups -OCH3 is 2. The largest absolute Gasteiger partial charge is 0.478 e. The Labute approximate surface area is 93.4 Å². The molecule has 1 heterocycles. The van der Waals surface area contributed by atoms with E-state index in [2.05, 4.69) is 0 Å². The summed E-state index contributed by atoms with van der Waals surface area (Å²) in [4.78, 5) is 23.3. The van der Waals surface area contributed by atoms with Crippen LogP contribution in [0.3, 0.4) is 0 Å². The Hall–Kier alpha value is -1.40. The molecule has 0 radical (unpaired) electrons. The van der Waals surface area contributed by atoms with E-state index in [1.165, 1.54) is 4.90 Å². The van der Waals surface area contributed by atoms with E-state index in [4.69, 9.17) is 14.6 Å². The van der Waals surface area contributed by atoms with E-state index in [1.54, 1.807) is 14.2 Å². The maximum Gasteiger partial charge on any atom is 0.328 e. The van der Waals surface area contributed by atoms with Crippen molar-refractivity contribution in [3.8, 4) is 0 Å². The molecule has 1 N–H and O–H groups in total. The summed E-state index contributed by atoms with van der Waals surface area (Å²) in [6, 6.07) is 0. The Kier molecular flexibility index (Phi) is 4.45. The summed E-state index contributed by atoms with van der Waals surface area (Å²) < 4.78 is 10.3. The molecule has 0 saturated carbocycles. The number of aliphatic carboxylic acids is 1. The lowest BCUT2D eigenvalue weighted by atomic mass is 10.3. The maximum absolute atomic E-state index is 11.5. The molecule has 1 aliphatic heterocycles. The van der Waals surface area contributed by atoms with Crippen molar-refractivity contribution in [2.75, 3.05) is 27.3 Å². The third kappa shape index (κ3) is 3.04. The number of carbonyl (C=O) groups is 2. The molecule has 0 spiro atoms. The minimum atomic E-state index is -1.14. The van der Waals surface area contributed by atoms with Gasteiger partial charge >= 0.3 is 5.97 Å². The standard InChI is InChI=1S/C10H15NO5/c1-15-7-5-11(6-8(7)16-2)9(12)3-4-10(13)14/h3-4,7-8H,5-6H2,1-2H3,(H,13,14)/b4-3+/t7-,8+. The van der Waals surface area contributed by atoms with Gasteiger partial charge in [-0.1, -0.05) is 0 Å². The van der Waals surface area contributed by atoms with Gasteiger partial charge in [-0.2, -0.15) is 0 Å². The van der Waals surface area contributed by atoms with Gasteiger partial charge in [-0.15, -0.1) is 0 Å². The number of hydrogen-bond acceptors (Lipinski definition) is 4. The molecular weight excluding hydrogens is 214 g/mol. The first-order chi connectivity index (χ1) is 7.58. The van der Waals surface area contributed by atoms with Gasteiger partial charge < -0.3 is 19.5 Å². The summed E-state index contributed by atoms with van der Waals surface area (Å²) >= 11 is 0. The molecule has 1 fully saturated rings. The van der Waals surface area contributed by atoms with Crippen molar-refractivity contribution in [3.05, 3.63) is 12.2 Å². The monoisotopic (exact) mass is 229 g/mol. The zero-order valence-electron chi connectivity index (χ0n) is 9.25. The molecule has 1 amide bonds. The molecular formula is C10H15NO5. The number of ether oxygens (including phenoxy) is 2. The quantitative estimate of drug-likeness (QED) is 0.658. The molecule has 6 heteroatoms. The van der Waals surface area contributed by atoms with E-state index in [-0.39, 0.29) is 18.1 Å². The second-order valence-corrected chi connectivity index (χ2v) is 3.46.